The average Bonchev–Trinajstić information content (AvgIpc) is 2.38. The maximum Gasteiger partial charge on any atom is 0.326 e. The number of nitrogens with one attached hydrogen (secondary N) is 2. The van der Waals surface area contributed by atoms with Gasteiger partial charge in [-0.15, -0.1) is 0 Å². The Morgan fingerprint density at radius 3 is 2.44 bits per heavy atom. The molecule has 3 N–H and O–H groups in total. The molecule has 0 radical (unpaired) electrons. The molecule has 0 aromatic heterocycles. The molecule has 1 fully saturated rings. The summed E-state index contributed by atoms with van der Waals surface area (Å²) in [5.74, 6) is -1.54. The summed E-state index contributed by atoms with van der Waals surface area (Å²) in [4.78, 5) is 35.3. The topological polar surface area (TPSA) is 108 Å². The summed E-state index contributed by atoms with van der Waals surface area (Å²) in [6.45, 7) is 1.80. The number of amides is 3. The van der Waals surface area contributed by atoms with Crippen LogP contribution < -0.4 is 10.6 Å². The number of rotatable bonds is 4. The van der Waals surface area contributed by atoms with Crippen LogP contribution in [0, 0.1) is 0 Å². The van der Waals surface area contributed by atoms with Gasteiger partial charge in [0.15, 0.2) is 0 Å². The Kier molecular flexibility index (Phi) is 5.37. The molecule has 1 aliphatic rings. The normalized spacial score (nSPS) is 16.8. The SMILES string of the molecule is CNC(=O)NC(CC(=O)N1CCOCC1)C(=O)O. The number of urea groups is 1. The van der Waals surface area contributed by atoms with E-state index in [9.17, 15) is 14.4 Å². The van der Waals surface area contributed by atoms with Gasteiger partial charge in [0.05, 0.1) is 19.6 Å². The van der Waals surface area contributed by atoms with Crippen LogP contribution in [0.5, 0.6) is 0 Å². The lowest BCUT2D eigenvalue weighted by Gasteiger charge is -2.27. The van der Waals surface area contributed by atoms with Crippen LogP contribution >= 0.6 is 0 Å². The number of carboxylic acid groups (broad SMARTS) is 1. The number of nitrogens with zero attached hydrogens (tertiary/aromatic N) is 1. The highest BCUT2D eigenvalue weighted by molar-refractivity contribution is 5.88. The molecule has 0 bridgehead atoms. The first-order valence-electron chi connectivity index (χ1n) is 5.61. The molecule has 1 aliphatic heterocycles. The van der Waals surface area contributed by atoms with Crippen molar-refractivity contribution < 1.29 is 24.2 Å². The molecule has 1 rings (SSSR count). The highest BCUT2D eigenvalue weighted by atomic mass is 16.5. The third kappa shape index (κ3) is 4.21. The lowest BCUT2D eigenvalue weighted by Crippen LogP contribution is -2.49. The van der Waals surface area contributed by atoms with E-state index in [0.717, 1.165) is 0 Å². The van der Waals surface area contributed by atoms with Crippen molar-refractivity contribution in [1.29, 1.82) is 0 Å². The van der Waals surface area contributed by atoms with Gasteiger partial charge in [0, 0.05) is 20.1 Å². The highest BCUT2D eigenvalue weighted by Gasteiger charge is 2.26. The highest BCUT2D eigenvalue weighted by Crippen LogP contribution is 2.03. The summed E-state index contributed by atoms with van der Waals surface area (Å²) in [6.07, 6.45) is -0.261. The standard InChI is InChI=1S/C10H17N3O5/c1-11-10(17)12-7(9(15)16)6-8(14)13-2-4-18-5-3-13/h7H,2-6H2,1H3,(H,15,16)(H2,11,12,17). The molecule has 0 aromatic carbocycles. The van der Waals surface area contributed by atoms with Gasteiger partial charge in [-0.05, 0) is 0 Å². The molecule has 1 heterocycles. The fourth-order valence-corrected chi connectivity index (χ4v) is 1.55. The van der Waals surface area contributed by atoms with E-state index in [1.807, 2.05) is 0 Å². The van der Waals surface area contributed by atoms with E-state index in [1.165, 1.54) is 11.9 Å². The summed E-state index contributed by atoms with van der Waals surface area (Å²) in [6, 6.07) is -1.85. The third-order valence-electron chi connectivity index (χ3n) is 2.57. The Balaban J connectivity index is 2.51. The summed E-state index contributed by atoms with van der Waals surface area (Å²) in [7, 11) is 1.37. The van der Waals surface area contributed by atoms with Crippen LogP contribution in [0.3, 0.4) is 0 Å². The van der Waals surface area contributed by atoms with Crippen LogP contribution in [-0.2, 0) is 14.3 Å². The molecule has 0 aromatic rings. The van der Waals surface area contributed by atoms with Crippen molar-refractivity contribution in [1.82, 2.24) is 15.5 Å². The van der Waals surface area contributed by atoms with E-state index in [-0.39, 0.29) is 12.3 Å². The number of carbonyl (C=O) groups is 3. The van der Waals surface area contributed by atoms with Gasteiger partial charge in [0.2, 0.25) is 5.91 Å². The predicted octanol–water partition coefficient (Wildman–Crippen LogP) is -1.38. The first-order chi connectivity index (χ1) is 8.54. The Morgan fingerprint density at radius 1 is 1.33 bits per heavy atom. The van der Waals surface area contributed by atoms with Gasteiger partial charge in [0.1, 0.15) is 6.04 Å². The van der Waals surface area contributed by atoms with Crippen LogP contribution in [0.4, 0.5) is 4.79 Å². The number of morpholine rings is 1. The van der Waals surface area contributed by atoms with Crippen LogP contribution in [-0.4, -0.2) is 67.3 Å². The molecule has 0 aliphatic carbocycles. The average molecular weight is 259 g/mol. The molecule has 3 amide bonds. The molecule has 1 unspecified atom stereocenters. The van der Waals surface area contributed by atoms with Gasteiger partial charge in [0.25, 0.3) is 0 Å². The molecule has 102 valence electrons. The van der Waals surface area contributed by atoms with Crippen LogP contribution in [0.15, 0.2) is 0 Å². The third-order valence-corrected chi connectivity index (χ3v) is 2.57. The number of hydrogen-bond donors (Lipinski definition) is 3. The summed E-state index contributed by atoms with van der Waals surface area (Å²) < 4.78 is 5.09. The molecule has 18 heavy (non-hydrogen) atoms. The van der Waals surface area contributed by atoms with Gasteiger partial charge in [-0.2, -0.15) is 0 Å². The Hall–Kier alpha value is -1.83. The van der Waals surface area contributed by atoms with Crippen molar-refractivity contribution in [3.05, 3.63) is 0 Å². The molecule has 0 saturated carbocycles. The van der Waals surface area contributed by atoms with Gasteiger partial charge in [-0.25, -0.2) is 9.59 Å². The molecular weight excluding hydrogens is 242 g/mol. The smallest absolute Gasteiger partial charge is 0.326 e. The molecular formula is C10H17N3O5. The molecule has 1 atom stereocenters. The van der Waals surface area contributed by atoms with E-state index >= 15 is 0 Å². The zero-order valence-corrected chi connectivity index (χ0v) is 10.1. The van der Waals surface area contributed by atoms with Crippen LogP contribution in [0.25, 0.3) is 0 Å². The van der Waals surface area contributed by atoms with Crippen molar-refractivity contribution >= 4 is 17.9 Å². The van der Waals surface area contributed by atoms with Gasteiger partial charge in [-0.1, -0.05) is 0 Å². The van der Waals surface area contributed by atoms with Crippen molar-refractivity contribution in [2.24, 2.45) is 0 Å². The number of carboxylic acids is 1. The lowest BCUT2D eigenvalue weighted by atomic mass is 10.2. The van der Waals surface area contributed by atoms with Crippen molar-refractivity contribution in [2.75, 3.05) is 33.4 Å². The van der Waals surface area contributed by atoms with Gasteiger partial charge >= 0.3 is 12.0 Å². The quantitative estimate of drug-likeness (QED) is 0.576. The van der Waals surface area contributed by atoms with E-state index in [4.69, 9.17) is 9.84 Å². The van der Waals surface area contributed by atoms with Crippen LogP contribution in [0.1, 0.15) is 6.42 Å². The van der Waals surface area contributed by atoms with Gasteiger partial charge in [-0.3, -0.25) is 4.79 Å². The first-order valence-corrected chi connectivity index (χ1v) is 5.61. The fraction of sp³-hybridized carbons (Fsp3) is 0.700. The molecule has 1 saturated heterocycles. The van der Waals surface area contributed by atoms with Crippen LogP contribution in [0.2, 0.25) is 0 Å². The van der Waals surface area contributed by atoms with Crippen molar-refractivity contribution in [3.63, 3.8) is 0 Å². The Morgan fingerprint density at radius 2 is 1.94 bits per heavy atom. The fourth-order valence-electron chi connectivity index (χ4n) is 1.55. The zero-order valence-electron chi connectivity index (χ0n) is 10.1. The lowest BCUT2D eigenvalue weighted by molar-refractivity contribution is -0.144. The Bertz CT molecular complexity index is 327. The second-order valence-corrected chi connectivity index (χ2v) is 3.81. The van der Waals surface area contributed by atoms with E-state index in [0.29, 0.717) is 26.3 Å². The van der Waals surface area contributed by atoms with E-state index in [1.54, 1.807) is 0 Å². The van der Waals surface area contributed by atoms with E-state index in [2.05, 4.69) is 10.6 Å². The second-order valence-electron chi connectivity index (χ2n) is 3.81. The van der Waals surface area contributed by atoms with E-state index < -0.39 is 18.0 Å². The first kappa shape index (κ1) is 14.2. The Labute approximate surface area is 104 Å². The maximum absolute atomic E-state index is 11.8. The molecule has 8 heteroatoms. The second kappa shape index (κ2) is 6.80. The number of carbonyl (C=O) groups excluding carboxylic acids is 2. The zero-order chi connectivity index (χ0) is 13.5. The minimum Gasteiger partial charge on any atom is -0.480 e. The minimum atomic E-state index is -1.24. The monoisotopic (exact) mass is 259 g/mol. The van der Waals surface area contributed by atoms with Crippen molar-refractivity contribution in [2.45, 2.75) is 12.5 Å². The molecule has 8 nitrogen and oxygen atoms in total. The van der Waals surface area contributed by atoms with Crippen molar-refractivity contribution in [3.8, 4) is 0 Å². The summed E-state index contributed by atoms with van der Waals surface area (Å²) in [5, 5.41) is 13.4. The largest absolute Gasteiger partial charge is 0.480 e. The maximum atomic E-state index is 11.8. The number of hydrogen-bond acceptors (Lipinski definition) is 4. The number of aliphatic carboxylic acids is 1. The minimum absolute atomic E-state index is 0.261. The molecule has 0 spiro atoms. The summed E-state index contributed by atoms with van der Waals surface area (Å²) >= 11 is 0. The number of ether oxygens (including phenoxy) is 1. The summed E-state index contributed by atoms with van der Waals surface area (Å²) in [5.41, 5.74) is 0. The van der Waals surface area contributed by atoms with Gasteiger partial charge < -0.3 is 25.4 Å². The predicted molar refractivity (Wildman–Crippen MR) is 61.0 cm³/mol.